The van der Waals surface area contributed by atoms with Gasteiger partial charge in [-0.2, -0.15) is 0 Å². The third kappa shape index (κ3) is 11.6. The standard InChI is InChI=1S/C21H40N2.C20H38N2/c1-9-12-13-15-21(7,8)18-17(20(5,6)11-3)22-19(23-18)16(4)14-10-2;1-9-12-14-20(7,8)17-16(19(5,6)11-3)21-18(22-17)15(4)13-10-2/h16H,9-15H2,1-8H3,(H,22,23);15H,9-14H2,1-8H3,(H,21,22). The van der Waals surface area contributed by atoms with E-state index in [-0.39, 0.29) is 21.7 Å². The highest BCUT2D eigenvalue weighted by Gasteiger charge is 2.35. The van der Waals surface area contributed by atoms with Crippen LogP contribution in [0.2, 0.25) is 0 Å². The van der Waals surface area contributed by atoms with Crippen LogP contribution in [0, 0.1) is 0 Å². The van der Waals surface area contributed by atoms with Crippen LogP contribution in [0.25, 0.3) is 0 Å². The number of imidazole rings is 2. The summed E-state index contributed by atoms with van der Waals surface area (Å²) in [7, 11) is 0. The highest BCUT2D eigenvalue weighted by atomic mass is 15.0. The molecule has 0 fully saturated rings. The quantitative estimate of drug-likeness (QED) is 0.152. The van der Waals surface area contributed by atoms with E-state index in [1.807, 2.05) is 0 Å². The molecule has 0 aliphatic carbocycles. The van der Waals surface area contributed by atoms with E-state index >= 15 is 0 Å². The van der Waals surface area contributed by atoms with Gasteiger partial charge in [-0.05, 0) is 38.5 Å². The van der Waals surface area contributed by atoms with Crippen molar-refractivity contribution in [3.8, 4) is 0 Å². The van der Waals surface area contributed by atoms with Crippen LogP contribution >= 0.6 is 0 Å². The molecule has 2 aromatic rings. The van der Waals surface area contributed by atoms with E-state index in [1.165, 1.54) is 105 Å². The first-order chi connectivity index (χ1) is 20.9. The van der Waals surface area contributed by atoms with Gasteiger partial charge in [0.2, 0.25) is 0 Å². The summed E-state index contributed by atoms with van der Waals surface area (Å²) >= 11 is 0. The number of nitrogens with one attached hydrogen (secondary N) is 2. The van der Waals surface area contributed by atoms with Crippen molar-refractivity contribution >= 4 is 0 Å². The van der Waals surface area contributed by atoms with Gasteiger partial charge in [-0.15, -0.1) is 0 Å². The lowest BCUT2D eigenvalue weighted by atomic mass is 9.76. The molecule has 2 aromatic heterocycles. The second kappa shape index (κ2) is 18.1. The lowest BCUT2D eigenvalue weighted by Crippen LogP contribution is -2.26. The molecule has 262 valence electrons. The minimum absolute atomic E-state index is 0.150. The number of aromatic nitrogens is 4. The Morgan fingerprint density at radius 2 is 0.844 bits per heavy atom. The maximum absolute atomic E-state index is 5.14. The van der Waals surface area contributed by atoms with Crippen LogP contribution in [0.15, 0.2) is 0 Å². The zero-order valence-electron chi connectivity index (χ0n) is 33.2. The summed E-state index contributed by atoms with van der Waals surface area (Å²) in [6.07, 6.45) is 15.9. The first kappa shape index (κ1) is 41.4. The number of unbranched alkanes of at least 4 members (excludes halogenated alkanes) is 3. The minimum Gasteiger partial charge on any atom is -0.345 e. The Balaban J connectivity index is 0.000000450. The van der Waals surface area contributed by atoms with Crippen molar-refractivity contribution in [2.24, 2.45) is 0 Å². The van der Waals surface area contributed by atoms with Gasteiger partial charge in [-0.25, -0.2) is 9.97 Å². The molecular weight excluding hydrogens is 548 g/mol. The van der Waals surface area contributed by atoms with Crippen LogP contribution in [-0.2, 0) is 21.7 Å². The summed E-state index contributed by atoms with van der Waals surface area (Å²) < 4.78 is 0. The molecule has 2 rings (SSSR count). The average Bonchev–Trinajstić information content (AvgIpc) is 3.65. The van der Waals surface area contributed by atoms with Crippen molar-refractivity contribution in [3.63, 3.8) is 0 Å². The Labute approximate surface area is 281 Å². The SMILES string of the molecule is CCCCC(C)(C)c1nc(C(C)CCC)[nH]c1C(C)(C)CC.CCCCCC(C)(C)c1nc(C(C)CCC)[nH]c1C(C)(C)CC. The fourth-order valence-corrected chi connectivity index (χ4v) is 6.37. The van der Waals surface area contributed by atoms with E-state index in [0.717, 1.165) is 12.8 Å². The topological polar surface area (TPSA) is 57.4 Å². The first-order valence-corrected chi connectivity index (χ1v) is 19.1. The molecule has 2 N–H and O–H groups in total. The monoisotopic (exact) mass is 627 g/mol. The minimum atomic E-state index is 0.150. The Morgan fingerprint density at radius 3 is 1.16 bits per heavy atom. The Kier molecular flexibility index (Phi) is 16.7. The van der Waals surface area contributed by atoms with Gasteiger partial charge in [-0.1, -0.05) is 156 Å². The number of rotatable bonds is 19. The highest BCUT2D eigenvalue weighted by Crippen LogP contribution is 2.40. The number of hydrogen-bond donors (Lipinski definition) is 2. The van der Waals surface area contributed by atoms with Gasteiger partial charge in [0.05, 0.1) is 11.4 Å². The van der Waals surface area contributed by atoms with Gasteiger partial charge >= 0.3 is 0 Å². The molecule has 0 aliphatic rings. The Hall–Kier alpha value is -1.58. The molecule has 0 spiro atoms. The number of nitrogens with zero attached hydrogens (tertiary/aromatic N) is 2. The molecule has 4 nitrogen and oxygen atoms in total. The van der Waals surface area contributed by atoms with Gasteiger partial charge in [0.1, 0.15) is 11.6 Å². The molecule has 2 atom stereocenters. The molecule has 0 aromatic carbocycles. The number of aromatic amines is 2. The predicted molar refractivity (Wildman–Crippen MR) is 200 cm³/mol. The summed E-state index contributed by atoms with van der Waals surface area (Å²) in [5, 5.41) is 0. The van der Waals surface area contributed by atoms with Crippen LogP contribution in [0.3, 0.4) is 0 Å². The lowest BCUT2D eigenvalue weighted by molar-refractivity contribution is 0.413. The van der Waals surface area contributed by atoms with Gasteiger partial charge in [0.25, 0.3) is 0 Å². The zero-order valence-corrected chi connectivity index (χ0v) is 33.2. The van der Waals surface area contributed by atoms with Crippen molar-refractivity contribution in [3.05, 3.63) is 34.4 Å². The molecule has 45 heavy (non-hydrogen) atoms. The molecule has 0 saturated carbocycles. The Morgan fingerprint density at radius 1 is 0.489 bits per heavy atom. The van der Waals surface area contributed by atoms with Crippen LogP contribution in [0.5, 0.6) is 0 Å². The van der Waals surface area contributed by atoms with E-state index in [4.69, 9.17) is 9.97 Å². The van der Waals surface area contributed by atoms with Crippen LogP contribution in [0.4, 0.5) is 0 Å². The Bertz CT molecular complexity index is 1100. The lowest BCUT2D eigenvalue weighted by Gasteiger charge is -2.30. The van der Waals surface area contributed by atoms with Crippen molar-refractivity contribution in [1.82, 2.24) is 19.9 Å². The summed E-state index contributed by atoms with van der Waals surface area (Å²) in [4.78, 5) is 17.7. The van der Waals surface area contributed by atoms with Crippen LogP contribution in [-0.4, -0.2) is 19.9 Å². The molecule has 0 saturated heterocycles. The summed E-state index contributed by atoms with van der Waals surface area (Å²) in [6, 6.07) is 0. The second-order valence-corrected chi connectivity index (χ2v) is 16.9. The van der Waals surface area contributed by atoms with Gasteiger partial charge in [0.15, 0.2) is 0 Å². The molecule has 0 amide bonds. The highest BCUT2D eigenvalue weighted by molar-refractivity contribution is 5.31. The van der Waals surface area contributed by atoms with E-state index in [1.54, 1.807) is 0 Å². The molecule has 4 heteroatoms. The summed E-state index contributed by atoms with van der Waals surface area (Å²) in [5.41, 5.74) is 6.00. The zero-order chi connectivity index (χ0) is 34.6. The second-order valence-electron chi connectivity index (χ2n) is 16.9. The van der Waals surface area contributed by atoms with Crippen LogP contribution in [0.1, 0.15) is 241 Å². The van der Waals surface area contributed by atoms with Gasteiger partial charge in [-0.3, -0.25) is 0 Å². The molecular formula is C41H78N4. The van der Waals surface area contributed by atoms with Gasteiger partial charge in [0, 0.05) is 44.9 Å². The fraction of sp³-hybridized carbons (Fsp3) is 0.854. The van der Waals surface area contributed by atoms with Crippen molar-refractivity contribution < 1.29 is 0 Å². The van der Waals surface area contributed by atoms with Crippen molar-refractivity contribution in [1.29, 1.82) is 0 Å². The van der Waals surface area contributed by atoms with Crippen molar-refractivity contribution in [2.75, 3.05) is 0 Å². The maximum Gasteiger partial charge on any atom is 0.109 e. The van der Waals surface area contributed by atoms with E-state index in [2.05, 4.69) is 121 Å². The molecule has 0 radical (unpaired) electrons. The molecule has 2 heterocycles. The third-order valence-corrected chi connectivity index (χ3v) is 10.8. The summed E-state index contributed by atoms with van der Waals surface area (Å²) in [6.45, 7) is 37.1. The average molecular weight is 627 g/mol. The smallest absolute Gasteiger partial charge is 0.109 e. The van der Waals surface area contributed by atoms with Crippen LogP contribution < -0.4 is 0 Å². The molecule has 0 bridgehead atoms. The van der Waals surface area contributed by atoms with Crippen molar-refractivity contribution in [2.45, 2.75) is 228 Å². The molecule has 2 unspecified atom stereocenters. The molecule has 0 aliphatic heterocycles. The first-order valence-electron chi connectivity index (χ1n) is 19.1. The maximum atomic E-state index is 5.14. The largest absolute Gasteiger partial charge is 0.345 e. The van der Waals surface area contributed by atoms with E-state index < -0.39 is 0 Å². The third-order valence-electron chi connectivity index (χ3n) is 10.8. The number of H-pyrrole nitrogens is 2. The van der Waals surface area contributed by atoms with E-state index in [0.29, 0.717) is 11.8 Å². The fourth-order valence-electron chi connectivity index (χ4n) is 6.37. The predicted octanol–water partition coefficient (Wildman–Crippen LogP) is 13.3. The number of hydrogen-bond acceptors (Lipinski definition) is 2. The summed E-state index contributed by atoms with van der Waals surface area (Å²) in [5.74, 6) is 3.43. The van der Waals surface area contributed by atoms with Gasteiger partial charge < -0.3 is 9.97 Å². The van der Waals surface area contributed by atoms with E-state index in [9.17, 15) is 0 Å². The normalized spacial score (nSPS) is 14.3.